The minimum absolute atomic E-state index is 0. The van der Waals surface area contributed by atoms with E-state index in [1.165, 1.54) is 0 Å². The van der Waals surface area contributed by atoms with E-state index < -0.39 is 0 Å². The molecule has 0 aliphatic rings. The summed E-state index contributed by atoms with van der Waals surface area (Å²) >= 11 is 0. The highest BCUT2D eigenvalue weighted by atomic mass is 127. The van der Waals surface area contributed by atoms with E-state index >= 15 is 0 Å². The topological polar surface area (TPSA) is 72.7 Å². The van der Waals surface area contributed by atoms with Crippen molar-refractivity contribution >= 4 is 29.9 Å². The number of guanidine groups is 1. The molecule has 0 atom stereocenters. The summed E-state index contributed by atoms with van der Waals surface area (Å²) in [6, 6.07) is 14.5. The van der Waals surface area contributed by atoms with Gasteiger partial charge in [0.15, 0.2) is 5.96 Å². The van der Waals surface area contributed by atoms with Crippen LogP contribution in [0.1, 0.15) is 30.5 Å². The number of hydrogen-bond donors (Lipinski definition) is 2. The summed E-state index contributed by atoms with van der Waals surface area (Å²) in [5.74, 6) is 1.61. The number of halogens is 1. The Morgan fingerprint density at radius 2 is 1.91 bits per heavy atom. The number of benzene rings is 2. The molecular weight excluding hydrogens is 529 g/mol. The van der Waals surface area contributed by atoms with Crippen LogP contribution in [0.2, 0.25) is 0 Å². The minimum Gasteiger partial charge on any atom is -0.491 e. The zero-order valence-electron chi connectivity index (χ0n) is 19.6. The fraction of sp³-hybridized carbons (Fsp3) is 0.360. The van der Waals surface area contributed by atoms with Crippen LogP contribution >= 0.6 is 24.0 Å². The summed E-state index contributed by atoms with van der Waals surface area (Å²) < 4.78 is 13.4. The van der Waals surface area contributed by atoms with E-state index in [-0.39, 0.29) is 24.0 Å². The fourth-order valence-electron chi connectivity index (χ4n) is 3.28. The Kier molecular flexibility index (Phi) is 11.7. The molecular formula is C25H34IN5O2. The largest absolute Gasteiger partial charge is 0.491 e. The van der Waals surface area contributed by atoms with Gasteiger partial charge >= 0.3 is 0 Å². The van der Waals surface area contributed by atoms with Gasteiger partial charge in [-0.3, -0.25) is 0 Å². The van der Waals surface area contributed by atoms with Crippen molar-refractivity contribution in [1.82, 2.24) is 20.2 Å². The average molecular weight is 563 g/mol. The standard InChI is InChI=1S/C25H33N5O2.HI/c1-4-27-25(28-17-21-8-6-7-9-23(21)30-13-12-26-19-30)29-18-22-11-10-20(3)16-24(22)32-15-14-31-5-2;/h6-13,16,19H,4-5,14-15,17-18H2,1-3H3,(H2,27,28,29);1H. The molecule has 33 heavy (non-hydrogen) atoms. The molecule has 0 fully saturated rings. The van der Waals surface area contributed by atoms with Gasteiger partial charge in [-0.25, -0.2) is 9.98 Å². The maximum absolute atomic E-state index is 5.95. The van der Waals surface area contributed by atoms with Crippen LogP contribution in [-0.4, -0.2) is 41.9 Å². The summed E-state index contributed by atoms with van der Waals surface area (Å²) in [5, 5.41) is 6.77. The minimum atomic E-state index is 0. The summed E-state index contributed by atoms with van der Waals surface area (Å²) in [6.45, 7) is 9.84. The molecule has 0 unspecified atom stereocenters. The highest BCUT2D eigenvalue weighted by Crippen LogP contribution is 2.21. The average Bonchev–Trinajstić information content (AvgIpc) is 3.34. The van der Waals surface area contributed by atoms with Gasteiger partial charge in [0.1, 0.15) is 12.4 Å². The maximum atomic E-state index is 5.95. The predicted molar refractivity (Wildman–Crippen MR) is 144 cm³/mol. The molecule has 1 heterocycles. The van der Waals surface area contributed by atoms with Gasteiger partial charge in [-0.05, 0) is 44.0 Å². The number of aliphatic imine (C=N–C) groups is 1. The third-order valence-corrected chi connectivity index (χ3v) is 4.88. The molecule has 0 bridgehead atoms. The van der Waals surface area contributed by atoms with Crippen molar-refractivity contribution in [3.05, 3.63) is 77.9 Å². The van der Waals surface area contributed by atoms with Gasteiger partial charge in [0.05, 0.1) is 25.2 Å². The molecule has 0 saturated carbocycles. The lowest BCUT2D eigenvalue weighted by molar-refractivity contribution is 0.110. The van der Waals surface area contributed by atoms with E-state index in [0.29, 0.717) is 32.9 Å². The summed E-state index contributed by atoms with van der Waals surface area (Å²) in [6.07, 6.45) is 5.54. The molecule has 0 spiro atoms. The molecule has 0 radical (unpaired) electrons. The summed E-state index contributed by atoms with van der Waals surface area (Å²) in [7, 11) is 0. The van der Waals surface area contributed by atoms with Crippen molar-refractivity contribution in [2.24, 2.45) is 4.99 Å². The Hall–Kier alpha value is -2.59. The molecule has 0 saturated heterocycles. The van der Waals surface area contributed by atoms with Gasteiger partial charge in [0.2, 0.25) is 0 Å². The van der Waals surface area contributed by atoms with Crippen molar-refractivity contribution < 1.29 is 9.47 Å². The van der Waals surface area contributed by atoms with Gasteiger partial charge < -0.3 is 24.7 Å². The number of rotatable bonds is 11. The van der Waals surface area contributed by atoms with Gasteiger partial charge in [-0.15, -0.1) is 24.0 Å². The molecule has 2 N–H and O–H groups in total. The summed E-state index contributed by atoms with van der Waals surface area (Å²) in [5.41, 5.74) is 4.46. The van der Waals surface area contributed by atoms with E-state index in [4.69, 9.17) is 14.5 Å². The van der Waals surface area contributed by atoms with Crippen LogP contribution < -0.4 is 15.4 Å². The predicted octanol–water partition coefficient (Wildman–Crippen LogP) is 4.47. The first-order valence-corrected chi connectivity index (χ1v) is 11.1. The first-order valence-electron chi connectivity index (χ1n) is 11.1. The van der Waals surface area contributed by atoms with Crippen molar-refractivity contribution in [2.75, 3.05) is 26.4 Å². The zero-order valence-corrected chi connectivity index (χ0v) is 21.9. The van der Waals surface area contributed by atoms with Crippen LogP contribution in [0.4, 0.5) is 0 Å². The Balaban J connectivity index is 0.00000385. The van der Waals surface area contributed by atoms with Crippen molar-refractivity contribution in [1.29, 1.82) is 0 Å². The first kappa shape index (κ1) is 26.7. The molecule has 8 heteroatoms. The number of aromatic nitrogens is 2. The van der Waals surface area contributed by atoms with Crippen molar-refractivity contribution in [3.63, 3.8) is 0 Å². The van der Waals surface area contributed by atoms with E-state index in [1.54, 1.807) is 6.20 Å². The Bertz CT molecular complexity index is 992. The van der Waals surface area contributed by atoms with Gasteiger partial charge in [0, 0.05) is 37.7 Å². The number of nitrogens with one attached hydrogen (secondary N) is 2. The first-order chi connectivity index (χ1) is 15.7. The molecule has 0 aliphatic carbocycles. The highest BCUT2D eigenvalue weighted by molar-refractivity contribution is 14.0. The molecule has 7 nitrogen and oxygen atoms in total. The van der Waals surface area contributed by atoms with E-state index in [2.05, 4.69) is 59.8 Å². The van der Waals surface area contributed by atoms with Crippen LogP contribution in [0, 0.1) is 6.92 Å². The number of nitrogens with zero attached hydrogens (tertiary/aromatic N) is 3. The molecule has 178 valence electrons. The van der Waals surface area contributed by atoms with Gasteiger partial charge in [-0.1, -0.05) is 30.3 Å². The lowest BCUT2D eigenvalue weighted by Gasteiger charge is -2.15. The maximum Gasteiger partial charge on any atom is 0.191 e. The molecule has 0 amide bonds. The second-order valence-corrected chi connectivity index (χ2v) is 7.30. The highest BCUT2D eigenvalue weighted by Gasteiger charge is 2.07. The van der Waals surface area contributed by atoms with E-state index in [0.717, 1.165) is 40.6 Å². The number of aryl methyl sites for hydroxylation is 1. The van der Waals surface area contributed by atoms with Crippen molar-refractivity contribution in [3.8, 4) is 11.4 Å². The molecule has 3 aromatic rings. The Morgan fingerprint density at radius 3 is 2.67 bits per heavy atom. The zero-order chi connectivity index (χ0) is 22.6. The second kappa shape index (κ2) is 14.5. The third kappa shape index (κ3) is 8.36. The molecule has 1 aromatic heterocycles. The fourth-order valence-corrected chi connectivity index (χ4v) is 3.28. The number of para-hydroxylation sites is 1. The molecule has 2 aromatic carbocycles. The van der Waals surface area contributed by atoms with Gasteiger partial charge in [-0.2, -0.15) is 0 Å². The number of ether oxygens (including phenoxy) is 2. The third-order valence-electron chi connectivity index (χ3n) is 4.88. The van der Waals surface area contributed by atoms with E-state index in [9.17, 15) is 0 Å². The van der Waals surface area contributed by atoms with Gasteiger partial charge in [0.25, 0.3) is 0 Å². The lowest BCUT2D eigenvalue weighted by atomic mass is 10.1. The number of imidazole rings is 1. The number of hydrogen-bond acceptors (Lipinski definition) is 4. The quantitative estimate of drug-likeness (QED) is 0.156. The smallest absolute Gasteiger partial charge is 0.191 e. The Labute approximate surface area is 213 Å². The van der Waals surface area contributed by atoms with Crippen LogP contribution in [0.5, 0.6) is 5.75 Å². The van der Waals surface area contributed by atoms with Crippen LogP contribution in [0.3, 0.4) is 0 Å². The van der Waals surface area contributed by atoms with Crippen LogP contribution in [0.25, 0.3) is 5.69 Å². The van der Waals surface area contributed by atoms with Crippen molar-refractivity contribution in [2.45, 2.75) is 33.9 Å². The van der Waals surface area contributed by atoms with Crippen LogP contribution in [-0.2, 0) is 17.8 Å². The van der Waals surface area contributed by atoms with E-state index in [1.807, 2.05) is 36.1 Å². The normalized spacial score (nSPS) is 11.1. The summed E-state index contributed by atoms with van der Waals surface area (Å²) in [4.78, 5) is 8.95. The molecule has 0 aliphatic heterocycles. The monoisotopic (exact) mass is 563 g/mol. The Morgan fingerprint density at radius 1 is 1.06 bits per heavy atom. The second-order valence-electron chi connectivity index (χ2n) is 7.30. The van der Waals surface area contributed by atoms with Crippen LogP contribution in [0.15, 0.2) is 66.2 Å². The molecule has 3 rings (SSSR count). The SMILES string of the molecule is CCNC(=NCc1ccc(C)cc1OCCOCC)NCc1ccccc1-n1ccnc1.I. The lowest BCUT2D eigenvalue weighted by Crippen LogP contribution is -2.37.